The van der Waals surface area contributed by atoms with Crippen LogP contribution in [0, 0.1) is 5.92 Å². The van der Waals surface area contributed by atoms with Gasteiger partial charge >= 0.3 is 0 Å². The summed E-state index contributed by atoms with van der Waals surface area (Å²) in [5.74, 6) is -3.15. The number of halogens is 2. The van der Waals surface area contributed by atoms with Gasteiger partial charge in [-0.05, 0) is 66.3 Å². The summed E-state index contributed by atoms with van der Waals surface area (Å²) >= 11 is 17.9. The summed E-state index contributed by atoms with van der Waals surface area (Å²) in [5.41, 5.74) is 2.14. The molecule has 1 unspecified atom stereocenters. The van der Waals surface area contributed by atoms with E-state index in [0.717, 1.165) is 0 Å². The number of ketones is 1. The number of carbonyl (C=O) groups excluding carboxylic acids is 3. The van der Waals surface area contributed by atoms with Crippen LogP contribution in [0.25, 0.3) is 0 Å². The van der Waals surface area contributed by atoms with Gasteiger partial charge < -0.3 is 0 Å². The Balaban J connectivity index is 1.64. The minimum absolute atomic E-state index is 0.00657. The van der Waals surface area contributed by atoms with Gasteiger partial charge in [-0.1, -0.05) is 83.9 Å². The zero-order valence-electron chi connectivity index (χ0n) is 20.5. The van der Waals surface area contributed by atoms with Crippen LogP contribution < -0.4 is 9.80 Å². The molecule has 5 nitrogen and oxygen atoms in total. The van der Waals surface area contributed by atoms with Gasteiger partial charge in [-0.25, -0.2) is 0 Å². The highest BCUT2D eigenvalue weighted by Gasteiger charge is 2.49. The van der Waals surface area contributed by atoms with Crippen LogP contribution in [-0.2, 0) is 9.59 Å². The lowest BCUT2D eigenvalue weighted by molar-refractivity contribution is -0.133. The second kappa shape index (κ2) is 11.5. The molecule has 0 spiro atoms. The van der Waals surface area contributed by atoms with Crippen LogP contribution >= 0.6 is 35.4 Å². The zero-order valence-corrected chi connectivity index (χ0v) is 22.9. The van der Waals surface area contributed by atoms with Crippen molar-refractivity contribution in [2.75, 3.05) is 9.80 Å². The molecule has 0 aliphatic carbocycles. The Hall–Kier alpha value is -3.84. The van der Waals surface area contributed by atoms with Crippen LogP contribution in [0.2, 0.25) is 10.0 Å². The minimum atomic E-state index is -1.22. The number of rotatable bonds is 7. The third kappa shape index (κ3) is 5.50. The molecule has 4 aromatic carbocycles. The Kier molecular flexibility index (Phi) is 7.89. The lowest BCUT2D eigenvalue weighted by atomic mass is 9.79. The third-order valence-corrected chi connectivity index (χ3v) is 7.53. The maximum Gasteiger partial charge on any atom is 0.246 e. The summed E-state index contributed by atoms with van der Waals surface area (Å²) in [5, 5.41) is 0.992. The van der Waals surface area contributed by atoms with Gasteiger partial charge in [-0.3, -0.25) is 24.2 Å². The van der Waals surface area contributed by atoms with E-state index in [2.05, 4.69) is 0 Å². The summed E-state index contributed by atoms with van der Waals surface area (Å²) in [4.78, 5) is 44.5. The first kappa shape index (κ1) is 26.8. The molecule has 5 rings (SSSR count). The number of benzene rings is 4. The lowest BCUT2D eigenvalue weighted by Crippen LogP contribution is -2.61. The fourth-order valence-corrected chi connectivity index (χ4v) is 5.38. The third-order valence-electron chi connectivity index (χ3n) is 6.66. The number of thiocarbonyl (C=S) groups is 1. The van der Waals surface area contributed by atoms with Crippen molar-refractivity contribution in [3.63, 3.8) is 0 Å². The van der Waals surface area contributed by atoms with Crippen molar-refractivity contribution in [2.45, 2.75) is 12.3 Å². The van der Waals surface area contributed by atoms with Crippen LogP contribution in [0.15, 0.2) is 109 Å². The summed E-state index contributed by atoms with van der Waals surface area (Å²) in [6.07, 6.45) is -0.0498. The van der Waals surface area contributed by atoms with E-state index < -0.39 is 23.7 Å². The molecule has 0 saturated carbocycles. The molecule has 1 aliphatic rings. The van der Waals surface area contributed by atoms with Gasteiger partial charge in [0.2, 0.25) is 11.8 Å². The standard InChI is InChI=1S/C31H22Cl2N2O3S/c32-22-11-15-24(16-12-22)34-29(37)28(30(38)35(31(34)39)25-17-13-23(33)14-18-25)26(20-7-3-1-4-8-20)19-27(36)21-9-5-2-6-10-21/h1-18,26,28H,19H2. The quantitative estimate of drug-likeness (QED) is 0.132. The molecular weight excluding hydrogens is 551 g/mol. The number of hydrogen-bond acceptors (Lipinski definition) is 4. The fourth-order valence-electron chi connectivity index (χ4n) is 4.74. The van der Waals surface area contributed by atoms with Gasteiger partial charge in [0.25, 0.3) is 0 Å². The van der Waals surface area contributed by atoms with Gasteiger partial charge in [0, 0.05) is 27.9 Å². The molecular formula is C31H22Cl2N2O3S. The molecule has 0 bridgehead atoms. The molecule has 1 fully saturated rings. The number of amides is 2. The van der Waals surface area contributed by atoms with Crippen LogP contribution in [0.5, 0.6) is 0 Å². The summed E-state index contributed by atoms with van der Waals surface area (Å²) in [6, 6.07) is 31.3. The van der Waals surface area contributed by atoms with Crippen molar-refractivity contribution in [3.8, 4) is 0 Å². The highest BCUT2D eigenvalue weighted by Crippen LogP contribution is 2.39. The van der Waals surface area contributed by atoms with Crippen molar-refractivity contribution in [2.24, 2.45) is 5.92 Å². The van der Waals surface area contributed by atoms with E-state index in [4.69, 9.17) is 35.4 Å². The molecule has 1 saturated heterocycles. The van der Waals surface area contributed by atoms with E-state index in [1.807, 2.05) is 36.4 Å². The second-order valence-electron chi connectivity index (χ2n) is 9.07. The zero-order chi connectivity index (χ0) is 27.5. The predicted molar refractivity (Wildman–Crippen MR) is 159 cm³/mol. The number of nitrogens with zero attached hydrogens (tertiary/aromatic N) is 2. The first-order valence-corrected chi connectivity index (χ1v) is 13.4. The molecule has 194 valence electrons. The van der Waals surface area contributed by atoms with E-state index in [1.54, 1.807) is 72.8 Å². The molecule has 0 radical (unpaired) electrons. The monoisotopic (exact) mass is 572 g/mol. The Bertz CT molecular complexity index is 1460. The molecule has 0 N–H and O–H groups in total. The number of hydrogen-bond donors (Lipinski definition) is 0. The first-order valence-electron chi connectivity index (χ1n) is 12.2. The predicted octanol–water partition coefficient (Wildman–Crippen LogP) is 7.33. The van der Waals surface area contributed by atoms with Gasteiger partial charge in [0.05, 0.1) is 11.4 Å². The summed E-state index contributed by atoms with van der Waals surface area (Å²) < 4.78 is 0. The van der Waals surface area contributed by atoms with E-state index in [9.17, 15) is 14.4 Å². The smallest absolute Gasteiger partial charge is 0.246 e. The molecule has 2 amide bonds. The van der Waals surface area contributed by atoms with Crippen molar-refractivity contribution in [1.82, 2.24) is 0 Å². The number of Topliss-reactive ketones (excluding diaryl/α,β-unsaturated/α-hetero) is 1. The van der Waals surface area contributed by atoms with Crippen LogP contribution in [-0.4, -0.2) is 22.7 Å². The first-order chi connectivity index (χ1) is 18.8. The van der Waals surface area contributed by atoms with Gasteiger partial charge in [-0.15, -0.1) is 0 Å². The molecule has 39 heavy (non-hydrogen) atoms. The van der Waals surface area contributed by atoms with Crippen molar-refractivity contribution in [1.29, 1.82) is 0 Å². The molecule has 8 heteroatoms. The van der Waals surface area contributed by atoms with E-state index in [1.165, 1.54) is 9.80 Å². The maximum absolute atomic E-state index is 14.2. The Morgan fingerprint density at radius 1 is 0.692 bits per heavy atom. The van der Waals surface area contributed by atoms with E-state index in [-0.39, 0.29) is 17.3 Å². The van der Waals surface area contributed by atoms with Crippen LogP contribution in [0.4, 0.5) is 11.4 Å². The fraction of sp³-hybridized carbons (Fsp3) is 0.0968. The van der Waals surface area contributed by atoms with Gasteiger partial charge in [-0.2, -0.15) is 0 Å². The Morgan fingerprint density at radius 3 is 1.59 bits per heavy atom. The number of anilines is 2. The van der Waals surface area contributed by atoms with Gasteiger partial charge in [0.15, 0.2) is 10.9 Å². The van der Waals surface area contributed by atoms with E-state index >= 15 is 0 Å². The molecule has 1 aliphatic heterocycles. The Labute approximate surface area is 241 Å². The number of carbonyl (C=O) groups is 3. The SMILES string of the molecule is O=C(CC(c1ccccc1)C1C(=O)N(c2ccc(Cl)cc2)C(=S)N(c2ccc(Cl)cc2)C1=O)c1ccccc1. The average Bonchev–Trinajstić information content (AvgIpc) is 2.95. The summed E-state index contributed by atoms with van der Waals surface area (Å²) in [7, 11) is 0. The molecule has 1 atom stereocenters. The molecule has 0 aromatic heterocycles. The Morgan fingerprint density at radius 2 is 1.13 bits per heavy atom. The van der Waals surface area contributed by atoms with Crippen molar-refractivity contribution < 1.29 is 14.4 Å². The molecule has 1 heterocycles. The topological polar surface area (TPSA) is 57.7 Å². The van der Waals surface area contributed by atoms with Crippen LogP contribution in [0.1, 0.15) is 28.3 Å². The normalized spacial score (nSPS) is 15.0. The van der Waals surface area contributed by atoms with Crippen molar-refractivity contribution in [3.05, 3.63) is 130 Å². The largest absolute Gasteiger partial charge is 0.294 e. The maximum atomic E-state index is 14.2. The van der Waals surface area contributed by atoms with Crippen LogP contribution in [0.3, 0.4) is 0 Å². The minimum Gasteiger partial charge on any atom is -0.294 e. The highest BCUT2D eigenvalue weighted by atomic mass is 35.5. The highest BCUT2D eigenvalue weighted by molar-refractivity contribution is 7.81. The van der Waals surface area contributed by atoms with Gasteiger partial charge in [0.1, 0.15) is 5.92 Å². The summed E-state index contributed by atoms with van der Waals surface area (Å²) in [6.45, 7) is 0. The molecule has 4 aromatic rings. The average molecular weight is 574 g/mol. The van der Waals surface area contributed by atoms with E-state index in [0.29, 0.717) is 32.5 Å². The van der Waals surface area contributed by atoms with Crippen molar-refractivity contribution >= 4 is 69.5 Å². The second-order valence-corrected chi connectivity index (χ2v) is 10.3. The lowest BCUT2D eigenvalue weighted by Gasteiger charge is -2.41.